The largest absolute Gasteiger partial charge is 0.472 e. The number of ketones is 1. The predicted molar refractivity (Wildman–Crippen MR) is 133 cm³/mol. The van der Waals surface area contributed by atoms with Crippen molar-refractivity contribution < 1.29 is 9.21 Å². The minimum absolute atomic E-state index is 0.107. The van der Waals surface area contributed by atoms with Crippen molar-refractivity contribution in [3.63, 3.8) is 0 Å². The van der Waals surface area contributed by atoms with Crippen LogP contribution < -0.4 is 5.32 Å². The summed E-state index contributed by atoms with van der Waals surface area (Å²) >= 11 is 6.57. The smallest absolute Gasteiger partial charge is 0.180 e. The number of anilines is 1. The molecule has 1 aromatic carbocycles. The van der Waals surface area contributed by atoms with Crippen LogP contribution in [0.1, 0.15) is 35.3 Å². The van der Waals surface area contributed by atoms with E-state index in [0.29, 0.717) is 40.9 Å². The van der Waals surface area contributed by atoms with Gasteiger partial charge >= 0.3 is 0 Å². The molecule has 0 saturated heterocycles. The maximum atomic E-state index is 12.6. The lowest BCUT2D eigenvalue weighted by molar-refractivity contribution is 0.0976. The van der Waals surface area contributed by atoms with E-state index < -0.39 is 0 Å². The molecule has 0 aliphatic heterocycles. The van der Waals surface area contributed by atoms with Gasteiger partial charge in [-0.1, -0.05) is 17.7 Å². The molecule has 1 aliphatic rings. The molecule has 1 N–H and O–H groups in total. The predicted octanol–water partition coefficient (Wildman–Crippen LogP) is 5.64. The lowest BCUT2D eigenvalue weighted by atomic mass is 10.0. The highest BCUT2D eigenvalue weighted by Gasteiger charge is 2.26. The van der Waals surface area contributed by atoms with Gasteiger partial charge in [0.1, 0.15) is 0 Å². The van der Waals surface area contributed by atoms with Crippen LogP contribution in [-0.2, 0) is 13.6 Å². The SMILES string of the molecule is Cn1nccc1CNc1nc(-c2ccoc2)cn2c(-c3ccc(C(=O)CC4CC4)c(Cl)c3)cnc12. The first-order chi connectivity index (χ1) is 17.1. The van der Waals surface area contributed by atoms with Crippen LogP contribution in [-0.4, -0.2) is 29.9 Å². The molecular formula is C26H23ClN6O2. The van der Waals surface area contributed by atoms with Gasteiger partial charge in [0, 0.05) is 42.6 Å². The van der Waals surface area contributed by atoms with Crippen LogP contribution in [0.3, 0.4) is 0 Å². The van der Waals surface area contributed by atoms with Crippen molar-refractivity contribution in [3.8, 4) is 22.5 Å². The average Bonchev–Trinajstić information content (AvgIpc) is 3.22. The quantitative estimate of drug-likeness (QED) is 0.285. The zero-order chi connectivity index (χ0) is 23.9. The molecule has 0 atom stereocenters. The number of furan rings is 1. The van der Waals surface area contributed by atoms with Crippen LogP contribution in [0.15, 0.2) is 65.9 Å². The number of aromatic nitrogens is 5. The molecule has 0 amide bonds. The van der Waals surface area contributed by atoms with Gasteiger partial charge in [-0.25, -0.2) is 9.97 Å². The molecular weight excluding hydrogens is 464 g/mol. The summed E-state index contributed by atoms with van der Waals surface area (Å²) < 4.78 is 9.09. The molecule has 0 unspecified atom stereocenters. The molecule has 0 bridgehead atoms. The standard InChI is InChI=1S/C26H23ClN6O2/c1-32-19(6-8-30-32)12-28-25-26-29-13-23(33(26)14-22(31-25)18-7-9-35-15-18)17-4-5-20(21(27)11-17)24(34)10-16-2-3-16/h4-9,11,13-16H,2-3,10,12H2,1H3,(H,28,31). The van der Waals surface area contributed by atoms with Gasteiger partial charge < -0.3 is 9.73 Å². The number of imidazole rings is 1. The summed E-state index contributed by atoms with van der Waals surface area (Å²) in [5, 5.41) is 8.09. The second-order valence-corrected chi connectivity index (χ2v) is 9.30. The first-order valence-corrected chi connectivity index (χ1v) is 11.9. The van der Waals surface area contributed by atoms with E-state index in [2.05, 4.69) is 15.4 Å². The van der Waals surface area contributed by atoms with Gasteiger partial charge in [-0.3, -0.25) is 13.9 Å². The molecule has 9 heteroatoms. The Morgan fingerprint density at radius 3 is 2.83 bits per heavy atom. The Balaban J connectivity index is 1.40. The van der Waals surface area contributed by atoms with Gasteiger partial charge in [0.25, 0.3) is 0 Å². The topological polar surface area (TPSA) is 90.3 Å². The molecule has 0 spiro atoms. The molecule has 1 aliphatic carbocycles. The van der Waals surface area contributed by atoms with E-state index in [1.165, 1.54) is 0 Å². The van der Waals surface area contributed by atoms with Crippen molar-refractivity contribution in [2.24, 2.45) is 13.0 Å². The maximum absolute atomic E-state index is 12.6. The second-order valence-electron chi connectivity index (χ2n) is 8.89. The van der Waals surface area contributed by atoms with Crippen molar-refractivity contribution in [1.29, 1.82) is 0 Å². The van der Waals surface area contributed by atoms with Crippen molar-refractivity contribution in [2.45, 2.75) is 25.8 Å². The number of hydrogen-bond donors (Lipinski definition) is 1. The highest BCUT2D eigenvalue weighted by Crippen LogP contribution is 2.35. The molecule has 35 heavy (non-hydrogen) atoms. The molecule has 4 aromatic heterocycles. The third-order valence-corrected chi connectivity index (χ3v) is 6.72. The zero-order valence-corrected chi connectivity index (χ0v) is 19.9. The summed E-state index contributed by atoms with van der Waals surface area (Å²) in [4.78, 5) is 22.1. The van der Waals surface area contributed by atoms with Crippen molar-refractivity contribution in [2.75, 3.05) is 5.32 Å². The van der Waals surface area contributed by atoms with Crippen LogP contribution in [0.4, 0.5) is 5.82 Å². The molecule has 176 valence electrons. The monoisotopic (exact) mass is 486 g/mol. The summed E-state index contributed by atoms with van der Waals surface area (Å²) in [7, 11) is 1.90. The second kappa shape index (κ2) is 8.70. The number of hydrogen-bond acceptors (Lipinski definition) is 6. The Morgan fingerprint density at radius 2 is 2.11 bits per heavy atom. The van der Waals surface area contributed by atoms with E-state index in [4.69, 9.17) is 21.0 Å². The number of aryl methyl sites for hydroxylation is 1. The number of halogens is 1. The van der Waals surface area contributed by atoms with Crippen molar-refractivity contribution in [1.82, 2.24) is 24.1 Å². The number of rotatable bonds is 8. The third kappa shape index (κ3) is 4.21. The number of nitrogens with one attached hydrogen (secondary N) is 1. The van der Waals surface area contributed by atoms with Gasteiger partial charge in [0.2, 0.25) is 0 Å². The number of fused-ring (bicyclic) bond motifs is 1. The van der Waals surface area contributed by atoms with Gasteiger partial charge in [-0.2, -0.15) is 5.10 Å². The fraction of sp³-hybridized carbons (Fsp3) is 0.231. The van der Waals surface area contributed by atoms with Gasteiger partial charge in [-0.05, 0) is 43.0 Å². The fourth-order valence-corrected chi connectivity index (χ4v) is 4.50. The minimum Gasteiger partial charge on any atom is -0.472 e. The summed E-state index contributed by atoms with van der Waals surface area (Å²) in [5.41, 5.74) is 5.58. The number of carbonyl (C=O) groups excluding carboxylic acids is 1. The Kier molecular flexibility index (Phi) is 5.37. The third-order valence-electron chi connectivity index (χ3n) is 6.40. The summed E-state index contributed by atoms with van der Waals surface area (Å²) in [6.45, 7) is 0.541. The molecule has 8 nitrogen and oxygen atoms in total. The van der Waals surface area contributed by atoms with Crippen LogP contribution in [0.5, 0.6) is 0 Å². The highest BCUT2D eigenvalue weighted by molar-refractivity contribution is 6.34. The Labute approximate surface area is 206 Å². The number of Topliss-reactive ketones (excluding diaryl/α,β-unsaturated/α-hetero) is 1. The normalized spacial score (nSPS) is 13.4. The number of benzene rings is 1. The Morgan fingerprint density at radius 1 is 1.23 bits per heavy atom. The average molecular weight is 487 g/mol. The van der Waals surface area contributed by atoms with E-state index in [1.54, 1.807) is 24.9 Å². The van der Waals surface area contributed by atoms with Crippen LogP contribution in [0.2, 0.25) is 5.02 Å². The Hall–Kier alpha value is -3.91. The highest BCUT2D eigenvalue weighted by atomic mass is 35.5. The lowest BCUT2D eigenvalue weighted by Gasteiger charge is -2.11. The first-order valence-electron chi connectivity index (χ1n) is 11.5. The summed E-state index contributed by atoms with van der Waals surface area (Å²) in [6.07, 6.45) is 11.6. The lowest BCUT2D eigenvalue weighted by Crippen LogP contribution is -2.08. The van der Waals surface area contributed by atoms with Gasteiger partial charge in [0.15, 0.2) is 17.2 Å². The van der Waals surface area contributed by atoms with E-state index in [9.17, 15) is 4.79 Å². The first kappa shape index (κ1) is 21.6. The van der Waals surface area contributed by atoms with E-state index >= 15 is 0 Å². The number of nitrogens with zero attached hydrogens (tertiary/aromatic N) is 5. The fourth-order valence-electron chi connectivity index (χ4n) is 4.21. The van der Waals surface area contributed by atoms with E-state index in [0.717, 1.165) is 41.1 Å². The molecule has 6 rings (SSSR count). The zero-order valence-electron chi connectivity index (χ0n) is 19.1. The van der Waals surface area contributed by atoms with Crippen LogP contribution in [0.25, 0.3) is 28.2 Å². The van der Waals surface area contributed by atoms with E-state index in [-0.39, 0.29) is 5.78 Å². The van der Waals surface area contributed by atoms with Crippen molar-refractivity contribution in [3.05, 3.63) is 77.7 Å². The van der Waals surface area contributed by atoms with Crippen LogP contribution in [0, 0.1) is 5.92 Å². The maximum Gasteiger partial charge on any atom is 0.180 e. The Bertz CT molecular complexity index is 1530. The van der Waals surface area contributed by atoms with Crippen molar-refractivity contribution >= 4 is 28.8 Å². The van der Waals surface area contributed by atoms with Crippen LogP contribution >= 0.6 is 11.6 Å². The number of carbonyl (C=O) groups is 1. The molecule has 1 saturated carbocycles. The van der Waals surface area contributed by atoms with Gasteiger partial charge in [0.05, 0.1) is 47.4 Å². The molecule has 1 fully saturated rings. The van der Waals surface area contributed by atoms with E-state index in [1.807, 2.05) is 52.7 Å². The molecule has 4 heterocycles. The minimum atomic E-state index is 0.107. The summed E-state index contributed by atoms with van der Waals surface area (Å²) in [6, 6.07) is 9.41. The summed E-state index contributed by atoms with van der Waals surface area (Å²) in [5.74, 6) is 1.26. The molecule has 5 aromatic rings. The van der Waals surface area contributed by atoms with Gasteiger partial charge in [-0.15, -0.1) is 0 Å². The molecule has 0 radical (unpaired) electrons.